The van der Waals surface area contributed by atoms with Crippen molar-refractivity contribution in [1.82, 2.24) is 0 Å². The molecule has 79 valence electrons. The van der Waals surface area contributed by atoms with E-state index in [1.54, 1.807) is 0 Å². The molecule has 0 heterocycles. The highest BCUT2D eigenvalue weighted by Gasteiger charge is 2.17. The summed E-state index contributed by atoms with van der Waals surface area (Å²) in [4.78, 5) is 0. The Morgan fingerprint density at radius 1 is 0.769 bits per heavy atom. The van der Waals surface area contributed by atoms with E-state index in [0.717, 1.165) is 18.3 Å². The summed E-state index contributed by atoms with van der Waals surface area (Å²) in [6, 6.07) is 0. The van der Waals surface area contributed by atoms with Gasteiger partial charge in [-0.1, -0.05) is 72.6 Å². The van der Waals surface area contributed by atoms with Crippen LogP contribution in [0.1, 0.15) is 65.7 Å². The van der Waals surface area contributed by atoms with Crippen molar-refractivity contribution in [3.05, 3.63) is 6.92 Å². The molecule has 0 aliphatic carbocycles. The Hall–Kier alpha value is 0. The summed E-state index contributed by atoms with van der Waals surface area (Å²) >= 11 is 0. The Morgan fingerprint density at radius 2 is 1.15 bits per heavy atom. The SMILES string of the molecule is [CH2]CC(CCC)C(CCC)CCC. The van der Waals surface area contributed by atoms with E-state index in [0.29, 0.717) is 0 Å². The fraction of sp³-hybridized carbons (Fsp3) is 0.923. The predicted molar refractivity (Wildman–Crippen MR) is 61.7 cm³/mol. The molecule has 13 heavy (non-hydrogen) atoms. The van der Waals surface area contributed by atoms with Crippen LogP contribution in [0.3, 0.4) is 0 Å². The first-order chi connectivity index (χ1) is 6.29. The molecule has 0 saturated carbocycles. The van der Waals surface area contributed by atoms with E-state index >= 15 is 0 Å². The van der Waals surface area contributed by atoms with Gasteiger partial charge < -0.3 is 0 Å². The summed E-state index contributed by atoms with van der Waals surface area (Å²) < 4.78 is 0. The Bertz CT molecular complexity index is 90.2. The van der Waals surface area contributed by atoms with Crippen LogP contribution in [0.2, 0.25) is 0 Å². The highest BCUT2D eigenvalue weighted by atomic mass is 14.2. The van der Waals surface area contributed by atoms with Gasteiger partial charge in [0.2, 0.25) is 0 Å². The molecule has 0 aliphatic rings. The Morgan fingerprint density at radius 3 is 1.46 bits per heavy atom. The molecule has 0 heteroatoms. The fourth-order valence-corrected chi connectivity index (χ4v) is 2.34. The van der Waals surface area contributed by atoms with Gasteiger partial charge in [0.05, 0.1) is 0 Å². The molecule has 0 amide bonds. The Balaban J connectivity index is 3.94. The van der Waals surface area contributed by atoms with Crippen LogP contribution in [0.15, 0.2) is 0 Å². The molecule has 1 radical (unpaired) electrons. The molecule has 0 fully saturated rings. The van der Waals surface area contributed by atoms with Gasteiger partial charge in [-0.3, -0.25) is 0 Å². The normalized spacial score (nSPS) is 13.6. The van der Waals surface area contributed by atoms with Crippen molar-refractivity contribution >= 4 is 0 Å². The van der Waals surface area contributed by atoms with Crippen molar-refractivity contribution in [3.8, 4) is 0 Å². The van der Waals surface area contributed by atoms with Gasteiger partial charge in [-0.15, -0.1) is 0 Å². The van der Waals surface area contributed by atoms with E-state index in [9.17, 15) is 0 Å². The van der Waals surface area contributed by atoms with E-state index in [1.165, 1.54) is 38.5 Å². The molecule has 0 spiro atoms. The minimum Gasteiger partial charge on any atom is -0.0654 e. The first kappa shape index (κ1) is 13.0. The molecular formula is C13H27. The zero-order chi connectivity index (χ0) is 10.1. The Kier molecular flexibility index (Phi) is 8.59. The fourth-order valence-electron chi connectivity index (χ4n) is 2.34. The minimum absolute atomic E-state index is 0.893. The molecule has 0 N–H and O–H groups in total. The summed E-state index contributed by atoms with van der Waals surface area (Å²) in [5, 5.41) is 0. The maximum atomic E-state index is 4.09. The summed E-state index contributed by atoms with van der Waals surface area (Å²) in [6.45, 7) is 11.0. The van der Waals surface area contributed by atoms with E-state index in [-0.39, 0.29) is 0 Å². The zero-order valence-corrected chi connectivity index (χ0v) is 9.81. The standard InChI is InChI=1S/C13H27/c1-5-9-12(8-4)13(10-6-2)11-7-3/h12-13H,4-11H2,1-3H3. The monoisotopic (exact) mass is 183 g/mol. The third kappa shape index (κ3) is 5.33. The molecule has 0 bridgehead atoms. The van der Waals surface area contributed by atoms with Crippen LogP contribution in [0.5, 0.6) is 0 Å². The molecule has 0 aromatic carbocycles. The van der Waals surface area contributed by atoms with Crippen molar-refractivity contribution in [3.63, 3.8) is 0 Å². The second-order valence-corrected chi connectivity index (χ2v) is 4.17. The first-order valence-corrected chi connectivity index (χ1v) is 6.09. The van der Waals surface area contributed by atoms with E-state index in [4.69, 9.17) is 0 Å². The van der Waals surface area contributed by atoms with Crippen molar-refractivity contribution in [2.45, 2.75) is 65.7 Å². The lowest BCUT2D eigenvalue weighted by Crippen LogP contribution is -2.14. The zero-order valence-electron chi connectivity index (χ0n) is 9.81. The molecule has 0 nitrogen and oxygen atoms in total. The van der Waals surface area contributed by atoms with Crippen LogP contribution < -0.4 is 0 Å². The number of hydrogen-bond donors (Lipinski definition) is 0. The van der Waals surface area contributed by atoms with Crippen LogP contribution in [0.25, 0.3) is 0 Å². The number of rotatable bonds is 8. The highest BCUT2D eigenvalue weighted by molar-refractivity contribution is 4.70. The quantitative estimate of drug-likeness (QED) is 0.505. The van der Waals surface area contributed by atoms with Gasteiger partial charge in [-0.05, 0) is 11.8 Å². The van der Waals surface area contributed by atoms with E-state index in [1.807, 2.05) is 0 Å². The van der Waals surface area contributed by atoms with Crippen LogP contribution in [0.4, 0.5) is 0 Å². The topological polar surface area (TPSA) is 0 Å². The smallest absolute Gasteiger partial charge is 0.0386 e. The summed E-state index contributed by atoms with van der Waals surface area (Å²) in [6.07, 6.45) is 9.34. The lowest BCUT2D eigenvalue weighted by atomic mass is 9.81. The molecule has 0 aromatic rings. The van der Waals surface area contributed by atoms with Gasteiger partial charge in [0, 0.05) is 0 Å². The van der Waals surface area contributed by atoms with Gasteiger partial charge in [-0.25, -0.2) is 0 Å². The minimum atomic E-state index is 0.893. The third-order valence-electron chi connectivity index (χ3n) is 3.02. The summed E-state index contributed by atoms with van der Waals surface area (Å²) in [5.41, 5.74) is 0. The lowest BCUT2D eigenvalue weighted by Gasteiger charge is -2.25. The van der Waals surface area contributed by atoms with Gasteiger partial charge in [0.25, 0.3) is 0 Å². The average Bonchev–Trinajstić information content (AvgIpc) is 2.14. The molecule has 0 rings (SSSR count). The molecule has 1 unspecified atom stereocenters. The second kappa shape index (κ2) is 8.59. The summed E-state index contributed by atoms with van der Waals surface area (Å²) in [7, 11) is 0. The largest absolute Gasteiger partial charge is 0.0654 e. The Labute approximate surface area is 85.1 Å². The molecule has 0 aromatic heterocycles. The van der Waals surface area contributed by atoms with Crippen molar-refractivity contribution in [2.24, 2.45) is 11.8 Å². The maximum absolute atomic E-state index is 4.09. The van der Waals surface area contributed by atoms with Gasteiger partial charge in [-0.2, -0.15) is 0 Å². The van der Waals surface area contributed by atoms with Crippen LogP contribution in [-0.2, 0) is 0 Å². The number of hydrogen-bond acceptors (Lipinski definition) is 0. The molecule has 1 atom stereocenters. The van der Waals surface area contributed by atoms with Crippen molar-refractivity contribution in [2.75, 3.05) is 0 Å². The first-order valence-electron chi connectivity index (χ1n) is 6.09. The predicted octanol–water partition coefficient (Wildman–Crippen LogP) is 4.84. The highest BCUT2D eigenvalue weighted by Crippen LogP contribution is 2.28. The van der Waals surface area contributed by atoms with E-state index < -0.39 is 0 Å². The maximum Gasteiger partial charge on any atom is -0.0386 e. The van der Waals surface area contributed by atoms with Gasteiger partial charge >= 0.3 is 0 Å². The van der Waals surface area contributed by atoms with Gasteiger partial charge in [0.1, 0.15) is 0 Å². The average molecular weight is 183 g/mol. The molecule has 0 aliphatic heterocycles. The van der Waals surface area contributed by atoms with Gasteiger partial charge in [0.15, 0.2) is 0 Å². The summed E-state index contributed by atoms with van der Waals surface area (Å²) in [5.74, 6) is 1.84. The van der Waals surface area contributed by atoms with E-state index in [2.05, 4.69) is 27.7 Å². The molecular weight excluding hydrogens is 156 g/mol. The van der Waals surface area contributed by atoms with Crippen LogP contribution >= 0.6 is 0 Å². The third-order valence-corrected chi connectivity index (χ3v) is 3.02. The molecule has 0 saturated heterocycles. The van der Waals surface area contributed by atoms with Crippen molar-refractivity contribution < 1.29 is 0 Å². The van der Waals surface area contributed by atoms with Crippen LogP contribution in [0, 0.1) is 18.8 Å². The van der Waals surface area contributed by atoms with Crippen LogP contribution in [-0.4, -0.2) is 0 Å². The van der Waals surface area contributed by atoms with Crippen molar-refractivity contribution in [1.29, 1.82) is 0 Å². The second-order valence-electron chi connectivity index (χ2n) is 4.17. The lowest BCUT2D eigenvalue weighted by molar-refractivity contribution is 0.272.